The van der Waals surface area contributed by atoms with Crippen molar-refractivity contribution >= 4 is 5.91 Å². The normalized spacial score (nSPS) is 14.5. The van der Waals surface area contributed by atoms with E-state index in [9.17, 15) is 4.79 Å². The van der Waals surface area contributed by atoms with Crippen molar-refractivity contribution < 1.29 is 14.6 Å². The second-order valence-electron chi connectivity index (χ2n) is 4.36. The van der Waals surface area contributed by atoms with E-state index in [4.69, 9.17) is 9.84 Å². The molecular weight excluding hydrogens is 206 g/mol. The Kier molecular flexibility index (Phi) is 9.24. The molecule has 0 saturated heterocycles. The monoisotopic (exact) mass is 231 g/mol. The van der Waals surface area contributed by atoms with E-state index in [-0.39, 0.29) is 18.6 Å². The van der Waals surface area contributed by atoms with Gasteiger partial charge in [-0.3, -0.25) is 4.79 Å². The first-order valence-corrected chi connectivity index (χ1v) is 6.00. The lowest BCUT2D eigenvalue weighted by Gasteiger charge is -2.10. The highest BCUT2D eigenvalue weighted by Gasteiger charge is 2.05. The molecule has 0 aromatic rings. The van der Waals surface area contributed by atoms with Gasteiger partial charge in [-0.25, -0.2) is 0 Å². The van der Waals surface area contributed by atoms with Crippen molar-refractivity contribution in [3.8, 4) is 0 Å². The summed E-state index contributed by atoms with van der Waals surface area (Å²) in [6.45, 7) is 4.88. The van der Waals surface area contributed by atoms with Gasteiger partial charge in [0.25, 0.3) is 0 Å². The van der Waals surface area contributed by atoms with E-state index in [2.05, 4.69) is 5.32 Å². The Balaban J connectivity index is 3.37. The quantitative estimate of drug-likeness (QED) is 0.588. The van der Waals surface area contributed by atoms with Crippen LogP contribution in [-0.4, -0.2) is 37.4 Å². The topological polar surface area (TPSA) is 58.6 Å². The summed E-state index contributed by atoms with van der Waals surface area (Å²) in [6, 6.07) is 0. The van der Waals surface area contributed by atoms with E-state index in [1.807, 2.05) is 13.8 Å². The van der Waals surface area contributed by atoms with Crippen LogP contribution in [0, 0.1) is 5.92 Å². The highest BCUT2D eigenvalue weighted by atomic mass is 16.5. The third-order valence-corrected chi connectivity index (χ3v) is 2.69. The van der Waals surface area contributed by atoms with Crippen molar-refractivity contribution in [3.63, 3.8) is 0 Å². The van der Waals surface area contributed by atoms with E-state index in [0.717, 1.165) is 19.3 Å². The molecule has 2 atom stereocenters. The Bertz CT molecular complexity index is 185. The van der Waals surface area contributed by atoms with Crippen LogP contribution >= 0.6 is 0 Å². The lowest BCUT2D eigenvalue weighted by Crippen LogP contribution is -2.25. The minimum atomic E-state index is 0.0838. The van der Waals surface area contributed by atoms with Crippen molar-refractivity contribution in [1.82, 2.24) is 5.32 Å². The van der Waals surface area contributed by atoms with Gasteiger partial charge in [0.2, 0.25) is 5.91 Å². The Labute approximate surface area is 98.4 Å². The highest BCUT2D eigenvalue weighted by molar-refractivity contribution is 5.75. The van der Waals surface area contributed by atoms with E-state index in [1.165, 1.54) is 0 Å². The zero-order chi connectivity index (χ0) is 12.4. The lowest BCUT2D eigenvalue weighted by molar-refractivity contribution is -0.121. The number of carbonyl (C=O) groups is 1. The van der Waals surface area contributed by atoms with Crippen LogP contribution in [0.25, 0.3) is 0 Å². The number of nitrogens with one attached hydrogen (secondary N) is 1. The molecule has 2 N–H and O–H groups in total. The molecule has 0 bridgehead atoms. The molecular formula is C12H25NO3. The standard InChI is InChI=1S/C12H25NO3/c1-10(9-14)5-4-8-13-12(15)7-6-11(2)16-3/h10-11,14H,4-9H2,1-3H3,(H,13,15). The fourth-order valence-electron chi connectivity index (χ4n) is 1.31. The molecule has 0 spiro atoms. The summed E-state index contributed by atoms with van der Waals surface area (Å²) in [6.07, 6.45) is 3.29. The number of hydrogen-bond donors (Lipinski definition) is 2. The zero-order valence-electron chi connectivity index (χ0n) is 10.7. The maximum absolute atomic E-state index is 11.4. The minimum absolute atomic E-state index is 0.0838. The number of aliphatic hydroxyl groups is 1. The number of aliphatic hydroxyl groups excluding tert-OH is 1. The number of hydrogen-bond acceptors (Lipinski definition) is 3. The van der Waals surface area contributed by atoms with Crippen molar-refractivity contribution in [1.29, 1.82) is 0 Å². The van der Waals surface area contributed by atoms with Crippen molar-refractivity contribution in [2.24, 2.45) is 5.92 Å². The highest BCUT2D eigenvalue weighted by Crippen LogP contribution is 2.03. The van der Waals surface area contributed by atoms with E-state index < -0.39 is 0 Å². The first kappa shape index (κ1) is 15.4. The molecule has 0 heterocycles. The third-order valence-electron chi connectivity index (χ3n) is 2.69. The van der Waals surface area contributed by atoms with Gasteiger partial charge in [-0.05, 0) is 32.1 Å². The fraction of sp³-hybridized carbons (Fsp3) is 0.917. The molecule has 0 aromatic heterocycles. The second-order valence-corrected chi connectivity index (χ2v) is 4.36. The lowest BCUT2D eigenvalue weighted by atomic mass is 10.1. The average Bonchev–Trinajstić information content (AvgIpc) is 2.31. The Morgan fingerprint density at radius 1 is 1.38 bits per heavy atom. The molecule has 96 valence electrons. The summed E-state index contributed by atoms with van der Waals surface area (Å²) < 4.78 is 5.06. The van der Waals surface area contributed by atoms with Gasteiger partial charge in [0.15, 0.2) is 0 Å². The van der Waals surface area contributed by atoms with Gasteiger partial charge in [-0.15, -0.1) is 0 Å². The van der Waals surface area contributed by atoms with Gasteiger partial charge in [-0.2, -0.15) is 0 Å². The molecule has 0 radical (unpaired) electrons. The molecule has 4 nitrogen and oxygen atoms in total. The summed E-state index contributed by atoms with van der Waals surface area (Å²) in [4.78, 5) is 11.4. The van der Waals surface area contributed by atoms with Crippen molar-refractivity contribution in [2.75, 3.05) is 20.3 Å². The number of amides is 1. The van der Waals surface area contributed by atoms with Crippen LogP contribution in [0.2, 0.25) is 0 Å². The first-order valence-electron chi connectivity index (χ1n) is 6.00. The van der Waals surface area contributed by atoms with Crippen LogP contribution in [0.3, 0.4) is 0 Å². The largest absolute Gasteiger partial charge is 0.396 e. The van der Waals surface area contributed by atoms with Crippen LogP contribution in [0.4, 0.5) is 0 Å². The molecule has 1 amide bonds. The van der Waals surface area contributed by atoms with Gasteiger partial charge in [-0.1, -0.05) is 6.92 Å². The molecule has 0 fully saturated rings. The zero-order valence-corrected chi connectivity index (χ0v) is 10.7. The fourth-order valence-corrected chi connectivity index (χ4v) is 1.31. The Morgan fingerprint density at radius 2 is 2.06 bits per heavy atom. The summed E-state index contributed by atoms with van der Waals surface area (Å²) in [5, 5.41) is 11.7. The van der Waals surface area contributed by atoms with Crippen LogP contribution < -0.4 is 5.32 Å². The smallest absolute Gasteiger partial charge is 0.220 e. The van der Waals surface area contributed by atoms with Crippen molar-refractivity contribution in [3.05, 3.63) is 0 Å². The molecule has 0 aliphatic carbocycles. The van der Waals surface area contributed by atoms with Crippen molar-refractivity contribution in [2.45, 2.75) is 45.6 Å². The predicted molar refractivity (Wildman–Crippen MR) is 64.2 cm³/mol. The predicted octanol–water partition coefficient (Wildman–Crippen LogP) is 1.33. The molecule has 0 aliphatic rings. The molecule has 4 heteroatoms. The van der Waals surface area contributed by atoms with Gasteiger partial charge in [0.05, 0.1) is 6.10 Å². The molecule has 0 rings (SSSR count). The Hall–Kier alpha value is -0.610. The third kappa shape index (κ3) is 8.68. The summed E-state index contributed by atoms with van der Waals surface area (Å²) in [5.74, 6) is 0.408. The van der Waals surface area contributed by atoms with E-state index in [1.54, 1.807) is 7.11 Å². The van der Waals surface area contributed by atoms with Gasteiger partial charge in [0.1, 0.15) is 0 Å². The number of rotatable bonds is 9. The summed E-state index contributed by atoms with van der Waals surface area (Å²) in [5.41, 5.74) is 0. The summed E-state index contributed by atoms with van der Waals surface area (Å²) >= 11 is 0. The molecule has 0 saturated carbocycles. The van der Waals surface area contributed by atoms with Crippen LogP contribution in [0.1, 0.15) is 39.5 Å². The number of ether oxygens (including phenoxy) is 1. The first-order chi connectivity index (χ1) is 7.60. The molecule has 0 aromatic carbocycles. The van der Waals surface area contributed by atoms with Crippen LogP contribution in [0.5, 0.6) is 0 Å². The minimum Gasteiger partial charge on any atom is -0.396 e. The van der Waals surface area contributed by atoms with E-state index in [0.29, 0.717) is 18.9 Å². The SMILES string of the molecule is COC(C)CCC(=O)NCCCC(C)CO. The van der Waals surface area contributed by atoms with Crippen LogP contribution in [0.15, 0.2) is 0 Å². The molecule has 16 heavy (non-hydrogen) atoms. The molecule has 0 aliphatic heterocycles. The van der Waals surface area contributed by atoms with E-state index >= 15 is 0 Å². The number of methoxy groups -OCH3 is 1. The Morgan fingerprint density at radius 3 is 2.62 bits per heavy atom. The maximum atomic E-state index is 11.4. The van der Waals surface area contributed by atoms with Crippen LogP contribution in [-0.2, 0) is 9.53 Å². The molecule has 2 unspecified atom stereocenters. The summed E-state index contributed by atoms with van der Waals surface area (Å²) in [7, 11) is 1.65. The van der Waals surface area contributed by atoms with Gasteiger partial charge >= 0.3 is 0 Å². The maximum Gasteiger partial charge on any atom is 0.220 e. The number of carbonyl (C=O) groups excluding carboxylic acids is 1. The second kappa shape index (κ2) is 9.60. The van der Waals surface area contributed by atoms with Gasteiger partial charge < -0.3 is 15.2 Å². The van der Waals surface area contributed by atoms with Gasteiger partial charge in [0, 0.05) is 26.7 Å². The average molecular weight is 231 g/mol.